The quantitative estimate of drug-likeness (QED) is 0.582. The molecule has 0 aromatic carbocycles. The molecule has 0 spiro atoms. The number of aliphatic hydroxyl groups excluding tert-OH is 2. The molecule has 0 radical (unpaired) electrons. The fourth-order valence-electron chi connectivity index (χ4n) is 2.06. The average molecular weight is 267 g/mol. The predicted molar refractivity (Wildman–Crippen MR) is 62.2 cm³/mol. The third-order valence-corrected chi connectivity index (χ3v) is 3.12. The highest BCUT2D eigenvalue weighted by Crippen LogP contribution is 2.32. The Balaban J connectivity index is 2.44. The van der Waals surface area contributed by atoms with Crippen LogP contribution < -0.4 is 11.2 Å². The SMILES string of the molecule is Cc1cn([C@@H]2O[C@H](CO)[C@H](C#N)[C@H]2O)c(=O)[nH]c1=O. The normalized spacial score (nSPS) is 30.2. The zero-order chi connectivity index (χ0) is 14.2. The van der Waals surface area contributed by atoms with Gasteiger partial charge in [-0.15, -0.1) is 0 Å². The first-order valence-electron chi connectivity index (χ1n) is 5.65. The molecule has 2 heterocycles. The molecule has 0 saturated carbocycles. The molecule has 1 saturated heterocycles. The molecule has 0 aliphatic carbocycles. The van der Waals surface area contributed by atoms with Gasteiger partial charge >= 0.3 is 5.69 Å². The van der Waals surface area contributed by atoms with E-state index in [4.69, 9.17) is 15.1 Å². The van der Waals surface area contributed by atoms with E-state index in [0.29, 0.717) is 0 Å². The molecule has 1 fully saturated rings. The summed E-state index contributed by atoms with van der Waals surface area (Å²) in [6.45, 7) is 1.06. The second-order valence-electron chi connectivity index (χ2n) is 4.37. The zero-order valence-corrected chi connectivity index (χ0v) is 10.1. The molecule has 8 nitrogen and oxygen atoms in total. The van der Waals surface area contributed by atoms with E-state index in [1.54, 1.807) is 0 Å². The second kappa shape index (κ2) is 4.97. The molecule has 1 aromatic heterocycles. The lowest BCUT2D eigenvalue weighted by atomic mass is 10.0. The van der Waals surface area contributed by atoms with E-state index in [1.165, 1.54) is 13.1 Å². The lowest BCUT2D eigenvalue weighted by Crippen LogP contribution is -2.37. The maximum absolute atomic E-state index is 11.7. The standard InChI is InChI=1S/C11H13N3O5/c1-5-3-14(11(18)13-9(5)17)10-8(16)6(2-12)7(4-15)19-10/h3,6-8,10,15-16H,4H2,1H3,(H,13,17,18)/t6-,7+,8+,10+/m0/s1. The van der Waals surface area contributed by atoms with E-state index in [2.05, 4.69) is 4.98 Å². The molecule has 1 aliphatic rings. The third kappa shape index (κ3) is 2.19. The molecule has 0 unspecified atom stereocenters. The Morgan fingerprint density at radius 1 is 1.58 bits per heavy atom. The van der Waals surface area contributed by atoms with Crippen molar-refractivity contribution in [3.63, 3.8) is 0 Å². The molecule has 19 heavy (non-hydrogen) atoms. The third-order valence-electron chi connectivity index (χ3n) is 3.12. The van der Waals surface area contributed by atoms with Gasteiger partial charge < -0.3 is 14.9 Å². The van der Waals surface area contributed by atoms with Gasteiger partial charge in [0.05, 0.1) is 12.7 Å². The molecule has 1 aromatic rings. The van der Waals surface area contributed by atoms with Crippen molar-refractivity contribution < 1.29 is 14.9 Å². The van der Waals surface area contributed by atoms with E-state index < -0.39 is 42.2 Å². The highest BCUT2D eigenvalue weighted by Gasteiger charge is 2.45. The highest BCUT2D eigenvalue weighted by molar-refractivity contribution is 5.05. The highest BCUT2D eigenvalue weighted by atomic mass is 16.5. The van der Waals surface area contributed by atoms with E-state index in [9.17, 15) is 14.7 Å². The fraction of sp³-hybridized carbons (Fsp3) is 0.545. The van der Waals surface area contributed by atoms with Gasteiger partial charge in [-0.25, -0.2) is 4.79 Å². The van der Waals surface area contributed by atoms with Crippen LogP contribution in [0.25, 0.3) is 0 Å². The van der Waals surface area contributed by atoms with Crippen molar-refractivity contribution in [2.45, 2.75) is 25.4 Å². The van der Waals surface area contributed by atoms with Crippen LogP contribution in [0.5, 0.6) is 0 Å². The number of nitrogens with one attached hydrogen (secondary N) is 1. The zero-order valence-electron chi connectivity index (χ0n) is 10.1. The molecule has 1 aliphatic heterocycles. The topological polar surface area (TPSA) is 128 Å². The van der Waals surface area contributed by atoms with Crippen LogP contribution in [0.2, 0.25) is 0 Å². The van der Waals surface area contributed by atoms with Crippen molar-refractivity contribution in [1.29, 1.82) is 5.26 Å². The number of ether oxygens (including phenoxy) is 1. The van der Waals surface area contributed by atoms with E-state index >= 15 is 0 Å². The minimum atomic E-state index is -1.26. The first kappa shape index (κ1) is 13.5. The van der Waals surface area contributed by atoms with Gasteiger partial charge in [0.2, 0.25) is 0 Å². The number of hydrogen-bond acceptors (Lipinski definition) is 6. The van der Waals surface area contributed by atoms with Crippen LogP contribution in [-0.4, -0.2) is 38.6 Å². The van der Waals surface area contributed by atoms with Crippen molar-refractivity contribution in [1.82, 2.24) is 9.55 Å². The van der Waals surface area contributed by atoms with Crippen LogP contribution >= 0.6 is 0 Å². The average Bonchev–Trinajstić information content (AvgIpc) is 2.70. The number of aromatic amines is 1. The van der Waals surface area contributed by atoms with Gasteiger partial charge in [0.25, 0.3) is 5.56 Å². The molecule has 0 bridgehead atoms. The van der Waals surface area contributed by atoms with Crippen molar-refractivity contribution in [2.24, 2.45) is 5.92 Å². The minimum absolute atomic E-state index is 0.274. The number of nitriles is 1. The molecular formula is C11H13N3O5. The summed E-state index contributed by atoms with van der Waals surface area (Å²) in [5.74, 6) is -0.936. The molecule has 8 heteroatoms. The Kier molecular flexibility index (Phi) is 3.53. The number of H-pyrrole nitrogens is 1. The summed E-state index contributed by atoms with van der Waals surface area (Å²) < 4.78 is 6.32. The molecule has 0 amide bonds. The van der Waals surface area contributed by atoms with Crippen molar-refractivity contribution in [3.05, 3.63) is 32.6 Å². The van der Waals surface area contributed by atoms with Crippen LogP contribution in [0.15, 0.2) is 15.8 Å². The summed E-state index contributed by atoms with van der Waals surface area (Å²) in [7, 11) is 0. The minimum Gasteiger partial charge on any atom is -0.394 e. The van der Waals surface area contributed by atoms with Gasteiger partial charge in [-0.1, -0.05) is 0 Å². The van der Waals surface area contributed by atoms with Crippen LogP contribution in [-0.2, 0) is 4.74 Å². The Labute approximate surface area is 107 Å². The van der Waals surface area contributed by atoms with E-state index in [1.807, 2.05) is 6.07 Å². The van der Waals surface area contributed by atoms with Crippen molar-refractivity contribution in [2.75, 3.05) is 6.61 Å². The number of aromatic nitrogens is 2. The second-order valence-corrected chi connectivity index (χ2v) is 4.37. The number of nitrogens with zero attached hydrogens (tertiary/aromatic N) is 2. The Hall–Kier alpha value is -1.95. The van der Waals surface area contributed by atoms with Crippen LogP contribution in [0.3, 0.4) is 0 Å². The van der Waals surface area contributed by atoms with Gasteiger partial charge in [0, 0.05) is 11.8 Å². The van der Waals surface area contributed by atoms with Crippen LogP contribution in [0.1, 0.15) is 11.8 Å². The largest absolute Gasteiger partial charge is 0.394 e. The maximum atomic E-state index is 11.7. The van der Waals surface area contributed by atoms with Gasteiger partial charge in [-0.2, -0.15) is 5.26 Å². The van der Waals surface area contributed by atoms with E-state index in [-0.39, 0.29) is 5.56 Å². The van der Waals surface area contributed by atoms with Crippen molar-refractivity contribution >= 4 is 0 Å². The number of aliphatic hydroxyl groups is 2. The smallest absolute Gasteiger partial charge is 0.330 e. The Bertz CT molecular complexity index is 628. The summed E-state index contributed by atoms with van der Waals surface area (Å²) in [6, 6.07) is 1.84. The molecular weight excluding hydrogens is 254 g/mol. The monoisotopic (exact) mass is 267 g/mol. The summed E-state index contributed by atoms with van der Waals surface area (Å²) in [5, 5.41) is 28.0. The lowest BCUT2D eigenvalue weighted by molar-refractivity contribution is -0.0534. The first-order chi connectivity index (χ1) is 8.99. The van der Waals surface area contributed by atoms with Gasteiger partial charge in [-0.3, -0.25) is 14.3 Å². The molecule has 2 rings (SSSR count). The maximum Gasteiger partial charge on any atom is 0.330 e. The Morgan fingerprint density at radius 2 is 2.26 bits per heavy atom. The first-order valence-corrected chi connectivity index (χ1v) is 5.65. The summed E-state index contributed by atoms with van der Waals surface area (Å²) in [6.07, 6.45) is -1.98. The summed E-state index contributed by atoms with van der Waals surface area (Å²) in [4.78, 5) is 25.0. The van der Waals surface area contributed by atoms with E-state index in [0.717, 1.165) is 4.57 Å². The Morgan fingerprint density at radius 3 is 2.79 bits per heavy atom. The number of aryl methyl sites for hydroxylation is 1. The molecule has 3 N–H and O–H groups in total. The van der Waals surface area contributed by atoms with Gasteiger partial charge in [-0.05, 0) is 6.92 Å². The van der Waals surface area contributed by atoms with Gasteiger partial charge in [0.1, 0.15) is 18.1 Å². The van der Waals surface area contributed by atoms with Gasteiger partial charge in [0.15, 0.2) is 6.23 Å². The fourth-order valence-corrected chi connectivity index (χ4v) is 2.06. The lowest BCUT2D eigenvalue weighted by Gasteiger charge is -2.17. The van der Waals surface area contributed by atoms with Crippen LogP contribution in [0, 0.1) is 24.2 Å². The predicted octanol–water partition coefficient (Wildman–Crippen LogP) is -1.76. The number of rotatable bonds is 2. The van der Waals surface area contributed by atoms with Crippen LogP contribution in [0.4, 0.5) is 0 Å². The number of hydrogen-bond donors (Lipinski definition) is 3. The molecule has 4 atom stereocenters. The molecule has 102 valence electrons. The summed E-state index contributed by atoms with van der Waals surface area (Å²) in [5.41, 5.74) is -0.990. The summed E-state index contributed by atoms with van der Waals surface area (Å²) >= 11 is 0. The van der Waals surface area contributed by atoms with Crippen molar-refractivity contribution in [3.8, 4) is 6.07 Å².